The number of halogens is 3. The molecule has 0 atom stereocenters. The number of hydrogen-bond donors (Lipinski definition) is 0. The number of methoxy groups -OCH3 is 1. The molecular weight excluding hydrogens is 271 g/mol. The molecule has 0 N–H and O–H groups in total. The van der Waals surface area contributed by atoms with E-state index < -0.39 is 23.8 Å². The van der Waals surface area contributed by atoms with Gasteiger partial charge in [0, 0.05) is 0 Å². The van der Waals surface area contributed by atoms with Gasteiger partial charge >= 0.3 is 64.3 Å². The van der Waals surface area contributed by atoms with Gasteiger partial charge in [-0.15, -0.1) is 5.46 Å². The Morgan fingerprint density at radius 3 is 2.39 bits per heavy atom. The summed E-state index contributed by atoms with van der Waals surface area (Å²) in [5, 5.41) is 0. The Morgan fingerprint density at radius 2 is 1.94 bits per heavy atom. The molecule has 1 aromatic carbocycles. The van der Waals surface area contributed by atoms with Gasteiger partial charge in [0.2, 0.25) is 0 Å². The molecule has 0 amide bonds. The molecule has 1 saturated carbocycles. The van der Waals surface area contributed by atoms with Gasteiger partial charge < -0.3 is 17.7 Å². The Morgan fingerprint density at radius 1 is 1.33 bits per heavy atom. The van der Waals surface area contributed by atoms with Crippen LogP contribution in [-0.2, 0) is 14.9 Å². The molecule has 18 heavy (non-hydrogen) atoms. The fraction of sp³-hybridized carbons (Fsp3) is 0.364. The molecule has 0 unspecified atom stereocenters. The first-order valence-corrected chi connectivity index (χ1v) is 5.29. The number of carbonyl (C=O) groups is 1. The predicted octanol–water partition coefficient (Wildman–Crippen LogP) is -1.05. The van der Waals surface area contributed by atoms with Crippen LogP contribution in [-0.4, -0.2) is 20.1 Å². The fourth-order valence-corrected chi connectivity index (χ4v) is 1.97. The van der Waals surface area contributed by atoms with Crippen LogP contribution in [0.15, 0.2) is 24.3 Å². The van der Waals surface area contributed by atoms with Gasteiger partial charge in [0.1, 0.15) is 0 Å². The van der Waals surface area contributed by atoms with Crippen molar-refractivity contribution in [2.45, 2.75) is 18.3 Å². The maximum atomic E-state index is 12.6. The third-order valence-corrected chi connectivity index (χ3v) is 3.14. The molecule has 2 nitrogen and oxygen atoms in total. The monoisotopic (exact) mass is 282 g/mol. The quantitative estimate of drug-likeness (QED) is 0.522. The summed E-state index contributed by atoms with van der Waals surface area (Å²) in [5.41, 5.74) is -1.11. The summed E-state index contributed by atoms with van der Waals surface area (Å²) in [6.07, 6.45) is 1.10. The van der Waals surface area contributed by atoms with E-state index in [0.29, 0.717) is 18.4 Å². The smallest absolute Gasteiger partial charge is 0.468 e. The van der Waals surface area contributed by atoms with E-state index >= 15 is 0 Å². The molecule has 0 aromatic heterocycles. The van der Waals surface area contributed by atoms with Gasteiger partial charge in [-0.2, -0.15) is 0 Å². The Balaban J connectivity index is 0.00000162. The van der Waals surface area contributed by atoms with E-state index in [9.17, 15) is 17.7 Å². The number of rotatable bonds is 3. The van der Waals surface area contributed by atoms with Gasteiger partial charge in [-0.25, -0.2) is 0 Å². The summed E-state index contributed by atoms with van der Waals surface area (Å²) >= 11 is 0. The average Bonchev–Trinajstić information content (AvgIpc) is 3.08. The first-order chi connectivity index (χ1) is 7.90. The zero-order valence-corrected chi connectivity index (χ0v) is 13.4. The molecular formula is C11H11BF3KO2. The van der Waals surface area contributed by atoms with Gasteiger partial charge in [0.25, 0.3) is 0 Å². The van der Waals surface area contributed by atoms with E-state index in [0.717, 1.165) is 12.1 Å². The van der Waals surface area contributed by atoms with Crippen molar-refractivity contribution in [3.8, 4) is 0 Å². The largest absolute Gasteiger partial charge is 1.00 e. The normalized spacial score (nSPS) is 16.7. The summed E-state index contributed by atoms with van der Waals surface area (Å²) in [4.78, 5) is 11.6. The van der Waals surface area contributed by atoms with Gasteiger partial charge in [-0.05, 0) is 18.4 Å². The predicted molar refractivity (Wildman–Crippen MR) is 58.1 cm³/mol. The van der Waals surface area contributed by atoms with Gasteiger partial charge in [-0.3, -0.25) is 4.79 Å². The number of benzene rings is 1. The van der Waals surface area contributed by atoms with Crippen LogP contribution in [0.3, 0.4) is 0 Å². The maximum Gasteiger partial charge on any atom is 1.00 e. The van der Waals surface area contributed by atoms with Gasteiger partial charge in [0.05, 0.1) is 12.5 Å². The zero-order chi connectivity index (χ0) is 12.7. The van der Waals surface area contributed by atoms with E-state index in [-0.39, 0.29) is 51.4 Å². The van der Waals surface area contributed by atoms with Crippen LogP contribution in [0, 0.1) is 0 Å². The van der Waals surface area contributed by atoms with E-state index in [1.165, 1.54) is 13.2 Å². The summed E-state index contributed by atoms with van der Waals surface area (Å²) in [7, 11) is 1.25. The van der Waals surface area contributed by atoms with E-state index in [4.69, 9.17) is 0 Å². The number of ether oxygens (including phenoxy) is 1. The molecule has 1 aromatic rings. The van der Waals surface area contributed by atoms with Crippen molar-refractivity contribution < 1.29 is 73.9 Å². The van der Waals surface area contributed by atoms with E-state index in [1.807, 2.05) is 0 Å². The van der Waals surface area contributed by atoms with Crippen LogP contribution < -0.4 is 56.8 Å². The molecule has 7 heteroatoms. The third kappa shape index (κ3) is 3.01. The molecule has 0 heterocycles. The molecule has 0 spiro atoms. The molecule has 0 radical (unpaired) electrons. The van der Waals surface area contributed by atoms with E-state index in [2.05, 4.69) is 4.74 Å². The first-order valence-electron chi connectivity index (χ1n) is 5.29. The zero-order valence-electron chi connectivity index (χ0n) is 10.3. The average molecular weight is 282 g/mol. The minimum Gasteiger partial charge on any atom is -0.468 e. The minimum absolute atomic E-state index is 0. The minimum atomic E-state index is -5.03. The Kier molecular flexibility index (Phi) is 5.11. The molecule has 1 fully saturated rings. The van der Waals surface area contributed by atoms with Crippen molar-refractivity contribution in [3.63, 3.8) is 0 Å². The summed E-state index contributed by atoms with van der Waals surface area (Å²) < 4.78 is 42.5. The van der Waals surface area contributed by atoms with Crippen LogP contribution in [0.4, 0.5) is 12.9 Å². The Hall–Kier alpha value is 0.181. The van der Waals surface area contributed by atoms with Crippen molar-refractivity contribution >= 4 is 18.4 Å². The Bertz CT molecular complexity index is 458. The molecule has 2 rings (SSSR count). The standard InChI is InChI=1S/C11H11BF3O2.K/c1-17-10(16)11(5-6-11)8-3-2-4-9(7-8)12(13,14)15;/h2-4,7H,5-6H2,1H3;/q-1;+1. The summed E-state index contributed by atoms with van der Waals surface area (Å²) in [6.45, 7) is -5.03. The van der Waals surface area contributed by atoms with Gasteiger partial charge in [0.15, 0.2) is 0 Å². The SMILES string of the molecule is COC(=O)C1(c2cccc([B-](F)(F)F)c2)CC1.[K+]. The molecule has 92 valence electrons. The van der Waals surface area contributed by atoms with Crippen LogP contribution in [0.1, 0.15) is 18.4 Å². The molecule has 0 aliphatic heterocycles. The van der Waals surface area contributed by atoms with Crippen LogP contribution in [0.2, 0.25) is 0 Å². The topological polar surface area (TPSA) is 26.3 Å². The third-order valence-electron chi connectivity index (χ3n) is 3.14. The second-order valence-corrected chi connectivity index (χ2v) is 4.27. The maximum absolute atomic E-state index is 12.6. The number of carbonyl (C=O) groups excluding carboxylic acids is 1. The molecule has 0 bridgehead atoms. The van der Waals surface area contributed by atoms with Crippen molar-refractivity contribution in [1.82, 2.24) is 0 Å². The first kappa shape index (κ1) is 16.2. The number of esters is 1. The summed E-state index contributed by atoms with van der Waals surface area (Å²) in [5.74, 6) is -0.454. The van der Waals surface area contributed by atoms with Gasteiger partial charge in [-0.1, -0.05) is 24.3 Å². The molecule has 0 saturated heterocycles. The van der Waals surface area contributed by atoms with Crippen molar-refractivity contribution in [2.24, 2.45) is 0 Å². The van der Waals surface area contributed by atoms with Crippen LogP contribution >= 0.6 is 0 Å². The van der Waals surface area contributed by atoms with Crippen molar-refractivity contribution in [2.75, 3.05) is 7.11 Å². The fourth-order valence-electron chi connectivity index (χ4n) is 1.97. The summed E-state index contributed by atoms with van der Waals surface area (Å²) in [6, 6.07) is 4.97. The molecule has 1 aliphatic rings. The Labute approximate surface area is 146 Å². The van der Waals surface area contributed by atoms with Crippen LogP contribution in [0.25, 0.3) is 0 Å². The second kappa shape index (κ2) is 5.66. The van der Waals surface area contributed by atoms with Crippen molar-refractivity contribution in [1.29, 1.82) is 0 Å². The van der Waals surface area contributed by atoms with Crippen LogP contribution in [0.5, 0.6) is 0 Å². The van der Waals surface area contributed by atoms with Crippen molar-refractivity contribution in [3.05, 3.63) is 29.8 Å². The molecule has 1 aliphatic carbocycles. The number of hydrogen-bond acceptors (Lipinski definition) is 2. The second-order valence-electron chi connectivity index (χ2n) is 4.27. The van der Waals surface area contributed by atoms with E-state index in [1.54, 1.807) is 6.07 Å².